The third kappa shape index (κ3) is 3.18. The molecule has 0 aliphatic heterocycles. The number of nitro groups is 1. The van der Waals surface area contributed by atoms with Crippen molar-refractivity contribution < 1.29 is 23.9 Å². The Labute approximate surface area is 123 Å². The zero-order valence-electron chi connectivity index (χ0n) is 11.7. The Balaban J connectivity index is 3.68. The SMILES string of the molecule is [B]c1c(/C=C/C(=O)OC)c([N+](=O)[O-])c([B])c(OC)c1OC. The third-order valence-corrected chi connectivity index (χ3v) is 2.67. The van der Waals surface area contributed by atoms with Gasteiger partial charge in [-0.05, 0) is 11.5 Å². The number of benzene rings is 1. The quantitative estimate of drug-likeness (QED) is 0.236. The van der Waals surface area contributed by atoms with Gasteiger partial charge in [-0.25, -0.2) is 4.79 Å². The van der Waals surface area contributed by atoms with E-state index in [9.17, 15) is 14.9 Å². The van der Waals surface area contributed by atoms with Crippen LogP contribution in [0.25, 0.3) is 6.08 Å². The van der Waals surface area contributed by atoms with Crippen LogP contribution in [0.15, 0.2) is 6.08 Å². The average Bonchev–Trinajstić information content (AvgIpc) is 2.45. The zero-order chi connectivity index (χ0) is 16.2. The van der Waals surface area contributed by atoms with Gasteiger partial charge >= 0.3 is 5.97 Å². The second kappa shape index (κ2) is 6.83. The van der Waals surface area contributed by atoms with Crippen LogP contribution < -0.4 is 20.4 Å². The maximum absolute atomic E-state index is 11.2. The van der Waals surface area contributed by atoms with E-state index in [2.05, 4.69) is 4.74 Å². The van der Waals surface area contributed by atoms with E-state index >= 15 is 0 Å². The molecule has 0 aliphatic rings. The molecule has 0 fully saturated rings. The molecule has 0 aliphatic carbocycles. The Morgan fingerprint density at radius 3 is 2.10 bits per heavy atom. The lowest BCUT2D eigenvalue weighted by Gasteiger charge is -2.16. The smallest absolute Gasteiger partial charge is 0.330 e. The number of esters is 1. The van der Waals surface area contributed by atoms with E-state index < -0.39 is 16.6 Å². The maximum Gasteiger partial charge on any atom is 0.330 e. The molecule has 0 bridgehead atoms. The largest absolute Gasteiger partial charge is 0.493 e. The van der Waals surface area contributed by atoms with Crippen LogP contribution in [-0.2, 0) is 9.53 Å². The third-order valence-electron chi connectivity index (χ3n) is 2.67. The van der Waals surface area contributed by atoms with Gasteiger partial charge in [0.1, 0.15) is 15.7 Å². The van der Waals surface area contributed by atoms with E-state index in [4.69, 9.17) is 25.2 Å². The molecule has 0 aromatic heterocycles. The van der Waals surface area contributed by atoms with Crippen molar-refractivity contribution in [3.63, 3.8) is 0 Å². The van der Waals surface area contributed by atoms with E-state index in [1.165, 1.54) is 21.3 Å². The van der Waals surface area contributed by atoms with Gasteiger partial charge < -0.3 is 14.2 Å². The summed E-state index contributed by atoms with van der Waals surface area (Å²) in [6.07, 6.45) is 2.13. The first-order chi connectivity index (χ1) is 9.88. The second-order valence-corrected chi connectivity index (χ2v) is 3.77. The molecule has 0 amide bonds. The van der Waals surface area contributed by atoms with Gasteiger partial charge in [0.15, 0.2) is 11.5 Å². The minimum Gasteiger partial charge on any atom is -0.493 e. The van der Waals surface area contributed by atoms with Crippen LogP contribution in [0, 0.1) is 10.1 Å². The molecule has 4 radical (unpaired) electrons. The lowest BCUT2D eigenvalue weighted by molar-refractivity contribution is -0.383. The van der Waals surface area contributed by atoms with Crippen LogP contribution in [0.5, 0.6) is 11.5 Å². The molecule has 0 N–H and O–H groups in total. The summed E-state index contributed by atoms with van der Waals surface area (Å²) in [5.74, 6) is -0.695. The van der Waals surface area contributed by atoms with Crippen LogP contribution in [0.3, 0.4) is 0 Å². The highest BCUT2D eigenvalue weighted by atomic mass is 16.6. The Hall–Kier alpha value is -2.44. The normalized spacial score (nSPS) is 10.4. The highest BCUT2D eigenvalue weighted by Gasteiger charge is 2.26. The molecule has 0 saturated carbocycles. The fraction of sp³-hybridized carbons (Fsp3) is 0.250. The maximum atomic E-state index is 11.2. The number of hydrogen-bond acceptors (Lipinski definition) is 6. The Bertz CT molecular complexity index is 615. The molecule has 0 saturated heterocycles. The average molecular weight is 287 g/mol. The summed E-state index contributed by atoms with van der Waals surface area (Å²) in [4.78, 5) is 21.6. The number of carbonyl (C=O) groups is 1. The van der Waals surface area contributed by atoms with Gasteiger partial charge in [0.25, 0.3) is 5.69 Å². The molecule has 21 heavy (non-hydrogen) atoms. The molecule has 7 nitrogen and oxygen atoms in total. The van der Waals surface area contributed by atoms with Gasteiger partial charge in [0, 0.05) is 17.1 Å². The van der Waals surface area contributed by atoms with Gasteiger partial charge in [0.2, 0.25) is 0 Å². The summed E-state index contributed by atoms with van der Waals surface area (Å²) in [7, 11) is 15.3. The van der Waals surface area contributed by atoms with Crippen molar-refractivity contribution in [3.8, 4) is 11.5 Å². The van der Waals surface area contributed by atoms with Crippen molar-refractivity contribution >= 4 is 44.4 Å². The molecule has 1 aromatic carbocycles. The van der Waals surface area contributed by atoms with Crippen molar-refractivity contribution in [1.82, 2.24) is 0 Å². The van der Waals surface area contributed by atoms with Crippen LogP contribution in [-0.4, -0.2) is 47.9 Å². The molecular formula is C12H11B2NO6. The van der Waals surface area contributed by atoms with Crippen molar-refractivity contribution in [2.75, 3.05) is 21.3 Å². The zero-order valence-corrected chi connectivity index (χ0v) is 11.7. The first-order valence-corrected chi connectivity index (χ1v) is 5.62. The molecule has 1 aromatic rings. The van der Waals surface area contributed by atoms with Crippen LogP contribution in [0.1, 0.15) is 5.56 Å². The standard InChI is InChI=1S/C12H11B2NO6/c1-19-7(16)5-4-6-8(13)11(20-2)12(21-3)9(14)10(6)15(17)18/h4-5H,1-3H3/b5-4+. The molecule has 1 rings (SSSR count). The number of rotatable bonds is 5. The van der Waals surface area contributed by atoms with Gasteiger partial charge in [-0.1, -0.05) is 0 Å². The Kier molecular flexibility index (Phi) is 5.40. The van der Waals surface area contributed by atoms with Gasteiger partial charge in [-0.2, -0.15) is 0 Å². The van der Waals surface area contributed by atoms with E-state index in [1.807, 2.05) is 0 Å². The van der Waals surface area contributed by atoms with Crippen molar-refractivity contribution in [3.05, 3.63) is 21.8 Å². The summed E-state index contributed by atoms with van der Waals surface area (Å²) in [6, 6.07) is 0. The number of nitro benzene ring substituents is 1. The lowest BCUT2D eigenvalue weighted by Crippen LogP contribution is -2.24. The van der Waals surface area contributed by atoms with E-state index in [1.54, 1.807) is 0 Å². The number of carbonyl (C=O) groups excluding carboxylic acids is 1. The summed E-state index contributed by atoms with van der Waals surface area (Å²) in [5.41, 5.74) is -0.876. The fourth-order valence-corrected chi connectivity index (χ4v) is 1.74. The van der Waals surface area contributed by atoms with Crippen molar-refractivity contribution in [2.45, 2.75) is 0 Å². The minimum atomic E-state index is -0.718. The lowest BCUT2D eigenvalue weighted by atomic mass is 9.80. The molecule has 9 heteroatoms. The fourth-order valence-electron chi connectivity index (χ4n) is 1.74. The first-order valence-electron chi connectivity index (χ1n) is 5.62. The Morgan fingerprint density at radius 1 is 1.14 bits per heavy atom. The summed E-state index contributed by atoms with van der Waals surface area (Å²) in [5, 5.41) is 11.2. The molecule has 106 valence electrons. The number of methoxy groups -OCH3 is 3. The molecule has 0 spiro atoms. The van der Waals surface area contributed by atoms with Crippen LogP contribution in [0.2, 0.25) is 0 Å². The molecule has 0 unspecified atom stereocenters. The monoisotopic (exact) mass is 287 g/mol. The molecule has 0 heterocycles. The number of ether oxygens (including phenoxy) is 3. The molecular weight excluding hydrogens is 276 g/mol. The van der Waals surface area contributed by atoms with Gasteiger partial charge in [-0.15, -0.1) is 0 Å². The highest BCUT2D eigenvalue weighted by molar-refractivity contribution is 6.43. The highest BCUT2D eigenvalue weighted by Crippen LogP contribution is 2.29. The minimum absolute atomic E-state index is 0.0445. The first kappa shape index (κ1) is 16.6. The second-order valence-electron chi connectivity index (χ2n) is 3.77. The van der Waals surface area contributed by atoms with Gasteiger partial charge in [-0.3, -0.25) is 10.1 Å². The summed E-state index contributed by atoms with van der Waals surface area (Å²) >= 11 is 0. The van der Waals surface area contributed by atoms with E-state index in [-0.39, 0.29) is 28.0 Å². The van der Waals surface area contributed by atoms with E-state index in [0.717, 1.165) is 12.2 Å². The topological polar surface area (TPSA) is 87.9 Å². The van der Waals surface area contributed by atoms with Crippen molar-refractivity contribution in [2.24, 2.45) is 0 Å². The molecule has 0 atom stereocenters. The predicted octanol–water partition coefficient (Wildman–Crippen LogP) is -0.614. The Morgan fingerprint density at radius 2 is 1.67 bits per heavy atom. The predicted molar refractivity (Wildman–Crippen MR) is 78.0 cm³/mol. The van der Waals surface area contributed by atoms with Gasteiger partial charge in [0.05, 0.1) is 26.3 Å². The van der Waals surface area contributed by atoms with E-state index in [0.29, 0.717) is 0 Å². The number of nitrogens with zero attached hydrogens (tertiary/aromatic N) is 1. The van der Waals surface area contributed by atoms with Crippen molar-refractivity contribution in [1.29, 1.82) is 0 Å². The summed E-state index contributed by atoms with van der Waals surface area (Å²) < 4.78 is 14.5. The number of hydrogen-bond donors (Lipinski definition) is 0. The van der Waals surface area contributed by atoms with Crippen LogP contribution in [0.4, 0.5) is 5.69 Å². The summed E-state index contributed by atoms with van der Waals surface area (Å²) in [6.45, 7) is 0. The van der Waals surface area contributed by atoms with Crippen LogP contribution >= 0.6 is 0 Å².